The average molecular weight is 489 g/mol. The first-order chi connectivity index (χ1) is 15.5. The molecule has 0 aliphatic heterocycles. The molecule has 0 unspecified atom stereocenters. The van der Waals surface area contributed by atoms with E-state index in [0.29, 0.717) is 29.6 Å². The van der Waals surface area contributed by atoms with Crippen LogP contribution >= 0.6 is 34.7 Å². The van der Waals surface area contributed by atoms with E-state index in [9.17, 15) is 9.59 Å². The number of anilines is 1. The smallest absolute Gasteiger partial charge is 0.263 e. The van der Waals surface area contributed by atoms with Crippen LogP contribution in [0.2, 0.25) is 5.02 Å². The van der Waals surface area contributed by atoms with Crippen LogP contribution in [-0.4, -0.2) is 34.9 Å². The summed E-state index contributed by atoms with van der Waals surface area (Å²) in [4.78, 5) is 32.6. The first kappa shape index (κ1) is 22.8. The predicted octanol–water partition coefficient (Wildman–Crippen LogP) is 4.24. The van der Waals surface area contributed by atoms with Crippen molar-refractivity contribution in [2.45, 2.75) is 37.4 Å². The van der Waals surface area contributed by atoms with Crippen LogP contribution in [0.4, 0.5) is 5.69 Å². The number of amides is 1. The molecule has 4 rings (SSSR count). The van der Waals surface area contributed by atoms with Gasteiger partial charge in [0.2, 0.25) is 5.91 Å². The van der Waals surface area contributed by atoms with Crippen LogP contribution in [0.3, 0.4) is 0 Å². The number of nitrogens with zero attached hydrogens (tertiary/aromatic N) is 3. The molecule has 0 saturated carbocycles. The Kier molecular flexibility index (Phi) is 7.16. The van der Waals surface area contributed by atoms with E-state index in [1.54, 1.807) is 35.1 Å². The van der Waals surface area contributed by atoms with Gasteiger partial charge in [-0.25, -0.2) is 4.98 Å². The molecule has 7 nitrogen and oxygen atoms in total. The zero-order valence-electron chi connectivity index (χ0n) is 17.4. The highest BCUT2D eigenvalue weighted by molar-refractivity contribution is 7.99. The molecule has 1 amide bonds. The van der Waals surface area contributed by atoms with E-state index in [-0.39, 0.29) is 22.2 Å². The monoisotopic (exact) mass is 488 g/mol. The Hall–Kier alpha value is -2.38. The summed E-state index contributed by atoms with van der Waals surface area (Å²) in [6.07, 6.45) is 4.13. The zero-order valence-corrected chi connectivity index (χ0v) is 19.8. The first-order valence-corrected chi connectivity index (χ1v) is 12.4. The van der Waals surface area contributed by atoms with E-state index < -0.39 is 0 Å². The highest BCUT2D eigenvalue weighted by Crippen LogP contribution is 2.34. The van der Waals surface area contributed by atoms with Crippen molar-refractivity contribution in [1.82, 2.24) is 9.55 Å². The first-order valence-electron chi connectivity index (χ1n) is 10.2. The third kappa shape index (κ3) is 4.69. The van der Waals surface area contributed by atoms with E-state index in [1.807, 2.05) is 6.07 Å². The summed E-state index contributed by atoms with van der Waals surface area (Å²) in [5.41, 5.74) is 1.93. The molecule has 1 N–H and O–H groups in total. The lowest BCUT2D eigenvalue weighted by molar-refractivity contribution is -0.113. The van der Waals surface area contributed by atoms with Gasteiger partial charge in [-0.3, -0.25) is 14.2 Å². The molecule has 1 aliphatic carbocycles. The maximum atomic E-state index is 13.3. The summed E-state index contributed by atoms with van der Waals surface area (Å²) in [5.74, 6) is -0.179. The molecule has 1 aromatic carbocycles. The van der Waals surface area contributed by atoms with Gasteiger partial charge in [0, 0.05) is 17.7 Å². The number of rotatable bonds is 7. The second-order valence-electron chi connectivity index (χ2n) is 7.38. The van der Waals surface area contributed by atoms with Gasteiger partial charge in [-0.1, -0.05) is 23.4 Å². The van der Waals surface area contributed by atoms with Crippen LogP contribution in [0.25, 0.3) is 10.2 Å². The van der Waals surface area contributed by atoms with Gasteiger partial charge in [0.15, 0.2) is 5.16 Å². The quantitative estimate of drug-likeness (QED) is 0.394. The molecule has 32 heavy (non-hydrogen) atoms. The van der Waals surface area contributed by atoms with Gasteiger partial charge in [-0.2, -0.15) is 5.26 Å². The number of carbonyl (C=O) groups excluding carboxylic acids is 1. The number of aryl methyl sites for hydroxylation is 2. The molecular weight excluding hydrogens is 468 g/mol. The maximum absolute atomic E-state index is 13.3. The van der Waals surface area contributed by atoms with Gasteiger partial charge in [-0.05, 0) is 49.4 Å². The Morgan fingerprint density at radius 2 is 2.22 bits per heavy atom. The number of thioether (sulfide) groups is 1. The lowest BCUT2D eigenvalue weighted by Crippen LogP contribution is -2.26. The van der Waals surface area contributed by atoms with Crippen molar-refractivity contribution in [3.63, 3.8) is 0 Å². The third-order valence-corrected chi connectivity index (χ3v) is 7.74. The van der Waals surface area contributed by atoms with E-state index in [4.69, 9.17) is 26.6 Å². The topological polar surface area (TPSA) is 97.0 Å². The molecule has 0 bridgehead atoms. The van der Waals surface area contributed by atoms with Crippen LogP contribution in [0.5, 0.6) is 0 Å². The standard InChI is InChI=1S/C22H21ClN4O3S2/c1-30-9-8-27-21(29)19-15-4-2-3-5-17(15)32-20(19)26-22(27)31-12-18(28)25-14-7-6-13(11-24)16(23)10-14/h6-7,10H,2-5,8-9,12H2,1H3,(H,25,28). The molecule has 0 fully saturated rings. The van der Waals surface area contributed by atoms with Crippen LogP contribution in [-0.2, 0) is 28.9 Å². The molecule has 0 atom stereocenters. The number of carbonyl (C=O) groups is 1. The summed E-state index contributed by atoms with van der Waals surface area (Å²) in [7, 11) is 1.59. The van der Waals surface area contributed by atoms with Crippen molar-refractivity contribution in [3.05, 3.63) is 49.6 Å². The number of hydrogen-bond donors (Lipinski definition) is 1. The van der Waals surface area contributed by atoms with Crippen LogP contribution < -0.4 is 10.9 Å². The number of nitriles is 1. The van der Waals surface area contributed by atoms with Gasteiger partial charge >= 0.3 is 0 Å². The van der Waals surface area contributed by atoms with Crippen molar-refractivity contribution < 1.29 is 9.53 Å². The number of fused-ring (bicyclic) bond motifs is 3. The van der Waals surface area contributed by atoms with Crippen LogP contribution in [0.15, 0.2) is 28.2 Å². The fraction of sp³-hybridized carbons (Fsp3) is 0.364. The minimum absolute atomic E-state index is 0.0618. The molecular formula is C22H21ClN4O3S2. The SMILES string of the molecule is COCCn1c(SCC(=O)Nc2ccc(C#N)c(Cl)c2)nc2sc3c(c2c1=O)CCCC3. The second-order valence-corrected chi connectivity index (χ2v) is 9.81. The number of hydrogen-bond acceptors (Lipinski definition) is 7. The number of benzene rings is 1. The highest BCUT2D eigenvalue weighted by Gasteiger charge is 2.22. The summed E-state index contributed by atoms with van der Waals surface area (Å²) >= 11 is 8.84. The lowest BCUT2D eigenvalue weighted by atomic mass is 9.97. The van der Waals surface area contributed by atoms with E-state index >= 15 is 0 Å². The molecule has 3 aromatic rings. The average Bonchev–Trinajstić information content (AvgIpc) is 3.16. The normalized spacial score (nSPS) is 13.0. The number of nitrogens with one attached hydrogen (secondary N) is 1. The summed E-state index contributed by atoms with van der Waals surface area (Å²) in [6.45, 7) is 0.751. The summed E-state index contributed by atoms with van der Waals surface area (Å²) < 4.78 is 6.80. The summed E-state index contributed by atoms with van der Waals surface area (Å²) in [5, 5.41) is 13.2. The largest absolute Gasteiger partial charge is 0.383 e. The Morgan fingerprint density at radius 1 is 1.41 bits per heavy atom. The lowest BCUT2D eigenvalue weighted by Gasteiger charge is -2.13. The predicted molar refractivity (Wildman–Crippen MR) is 128 cm³/mol. The third-order valence-electron chi connectivity index (χ3n) is 5.26. The van der Waals surface area contributed by atoms with Crippen molar-refractivity contribution in [3.8, 4) is 6.07 Å². The number of methoxy groups -OCH3 is 1. The minimum Gasteiger partial charge on any atom is -0.383 e. The molecule has 2 aromatic heterocycles. The maximum Gasteiger partial charge on any atom is 0.263 e. The molecule has 0 spiro atoms. The zero-order chi connectivity index (χ0) is 22.7. The molecule has 166 valence electrons. The van der Waals surface area contributed by atoms with Gasteiger partial charge < -0.3 is 10.1 Å². The van der Waals surface area contributed by atoms with Crippen molar-refractivity contribution in [2.75, 3.05) is 24.8 Å². The van der Waals surface area contributed by atoms with Crippen molar-refractivity contribution >= 4 is 56.5 Å². The van der Waals surface area contributed by atoms with E-state index in [0.717, 1.165) is 41.5 Å². The van der Waals surface area contributed by atoms with Gasteiger partial charge in [0.1, 0.15) is 10.9 Å². The van der Waals surface area contributed by atoms with Gasteiger partial charge in [0.25, 0.3) is 5.56 Å². The highest BCUT2D eigenvalue weighted by atomic mass is 35.5. The van der Waals surface area contributed by atoms with Crippen LogP contribution in [0.1, 0.15) is 28.8 Å². The number of aromatic nitrogens is 2. The number of halogens is 1. The Balaban J connectivity index is 1.57. The second kappa shape index (κ2) is 10.0. The molecule has 0 radical (unpaired) electrons. The fourth-order valence-corrected chi connectivity index (χ4v) is 6.07. The van der Waals surface area contributed by atoms with E-state index in [1.165, 1.54) is 22.7 Å². The van der Waals surface area contributed by atoms with Gasteiger partial charge in [0.05, 0.1) is 34.9 Å². The van der Waals surface area contributed by atoms with Crippen LogP contribution in [0, 0.1) is 11.3 Å². The fourth-order valence-electron chi connectivity index (χ4n) is 3.72. The Labute approximate surface area is 198 Å². The summed E-state index contributed by atoms with van der Waals surface area (Å²) in [6, 6.07) is 6.71. The molecule has 0 saturated heterocycles. The number of ether oxygens (including phenoxy) is 1. The molecule has 2 heterocycles. The van der Waals surface area contributed by atoms with Gasteiger partial charge in [-0.15, -0.1) is 11.3 Å². The van der Waals surface area contributed by atoms with Crippen molar-refractivity contribution in [2.24, 2.45) is 0 Å². The minimum atomic E-state index is -0.256. The molecule has 10 heteroatoms. The molecule has 1 aliphatic rings. The number of thiophene rings is 1. The Bertz CT molecular complexity index is 1280. The van der Waals surface area contributed by atoms with Crippen molar-refractivity contribution in [1.29, 1.82) is 5.26 Å². The van der Waals surface area contributed by atoms with E-state index in [2.05, 4.69) is 5.32 Å². The Morgan fingerprint density at radius 3 is 2.97 bits per heavy atom.